The molecule has 2 aromatic carbocycles. The fourth-order valence-corrected chi connectivity index (χ4v) is 4.66. The molecule has 1 saturated heterocycles. The molecular formula is C21H25N3O4S. The highest BCUT2D eigenvalue weighted by Gasteiger charge is 2.30. The van der Waals surface area contributed by atoms with Crippen molar-refractivity contribution in [3.05, 3.63) is 60.2 Å². The van der Waals surface area contributed by atoms with Crippen LogP contribution in [0, 0.1) is 0 Å². The normalized spacial score (nSPS) is 15.0. The van der Waals surface area contributed by atoms with Crippen molar-refractivity contribution in [1.82, 2.24) is 4.90 Å². The molecule has 1 aliphatic heterocycles. The first-order valence-corrected chi connectivity index (χ1v) is 11.4. The summed E-state index contributed by atoms with van der Waals surface area (Å²) < 4.78 is 25.8. The lowest BCUT2D eigenvalue weighted by molar-refractivity contribution is -0.116. The summed E-state index contributed by atoms with van der Waals surface area (Å²) in [6.07, 6.45) is 3.00. The van der Waals surface area contributed by atoms with Crippen molar-refractivity contribution in [2.45, 2.75) is 25.8 Å². The molecule has 8 heteroatoms. The van der Waals surface area contributed by atoms with Crippen LogP contribution in [0.1, 0.15) is 30.1 Å². The van der Waals surface area contributed by atoms with Crippen LogP contribution in [-0.2, 0) is 14.8 Å². The van der Waals surface area contributed by atoms with Crippen LogP contribution in [0.25, 0.3) is 0 Å². The number of anilines is 2. The molecule has 29 heavy (non-hydrogen) atoms. The first-order valence-electron chi connectivity index (χ1n) is 9.52. The van der Waals surface area contributed by atoms with Crippen LogP contribution in [0.5, 0.6) is 0 Å². The molecule has 0 saturated carbocycles. The number of hydrogen-bond acceptors (Lipinski definition) is 4. The molecule has 1 heterocycles. The molecule has 1 aliphatic rings. The Morgan fingerprint density at radius 1 is 1.00 bits per heavy atom. The van der Waals surface area contributed by atoms with E-state index in [4.69, 9.17) is 0 Å². The number of likely N-dealkylation sites (tertiary alicyclic amines) is 1. The molecule has 0 aliphatic carbocycles. The highest BCUT2D eigenvalue weighted by molar-refractivity contribution is 7.92. The molecule has 154 valence electrons. The number of carbonyl (C=O) groups excluding carboxylic acids is 2. The van der Waals surface area contributed by atoms with Gasteiger partial charge in [0.05, 0.1) is 23.2 Å². The lowest BCUT2D eigenvalue weighted by Crippen LogP contribution is -2.45. The Bertz CT molecular complexity index is 986. The summed E-state index contributed by atoms with van der Waals surface area (Å²) in [5.41, 5.74) is 1.18. The number of para-hydroxylation sites is 2. The van der Waals surface area contributed by atoms with E-state index in [1.54, 1.807) is 59.5 Å². The second-order valence-corrected chi connectivity index (χ2v) is 8.96. The molecule has 1 fully saturated rings. The Hall–Kier alpha value is -2.87. The van der Waals surface area contributed by atoms with Crippen molar-refractivity contribution in [2.75, 3.05) is 29.0 Å². The third-order valence-electron chi connectivity index (χ3n) is 4.91. The van der Waals surface area contributed by atoms with Gasteiger partial charge in [0.15, 0.2) is 0 Å². The summed E-state index contributed by atoms with van der Waals surface area (Å²) in [6.45, 7) is 2.93. The molecular weight excluding hydrogens is 390 g/mol. The van der Waals surface area contributed by atoms with E-state index in [9.17, 15) is 18.0 Å². The second-order valence-electron chi connectivity index (χ2n) is 7.10. The third-order valence-corrected chi connectivity index (χ3v) is 6.15. The zero-order chi connectivity index (χ0) is 21.0. The molecule has 0 spiro atoms. The molecule has 3 rings (SSSR count). The molecule has 7 nitrogen and oxygen atoms in total. The third kappa shape index (κ3) is 4.76. The van der Waals surface area contributed by atoms with Crippen LogP contribution in [0.2, 0.25) is 0 Å². The van der Waals surface area contributed by atoms with Crippen molar-refractivity contribution < 1.29 is 18.0 Å². The summed E-state index contributed by atoms with van der Waals surface area (Å²) in [6, 6.07) is 14.3. The molecule has 0 bridgehead atoms. The number of carbonyl (C=O) groups is 2. The fourth-order valence-electron chi connectivity index (χ4n) is 3.49. The minimum absolute atomic E-state index is 0.130. The van der Waals surface area contributed by atoms with Crippen molar-refractivity contribution in [3.8, 4) is 0 Å². The van der Waals surface area contributed by atoms with E-state index in [1.807, 2.05) is 0 Å². The Morgan fingerprint density at radius 3 is 2.21 bits per heavy atom. The zero-order valence-corrected chi connectivity index (χ0v) is 17.4. The van der Waals surface area contributed by atoms with Crippen molar-refractivity contribution in [2.24, 2.45) is 0 Å². The molecule has 1 N–H and O–H groups in total. The van der Waals surface area contributed by atoms with Gasteiger partial charge in [0.2, 0.25) is 15.9 Å². The predicted molar refractivity (Wildman–Crippen MR) is 113 cm³/mol. The van der Waals surface area contributed by atoms with Crippen LogP contribution in [0.4, 0.5) is 11.4 Å². The highest BCUT2D eigenvalue weighted by atomic mass is 32.2. The van der Waals surface area contributed by atoms with Gasteiger partial charge in [-0.3, -0.25) is 13.9 Å². The topological polar surface area (TPSA) is 86.8 Å². The van der Waals surface area contributed by atoms with Crippen molar-refractivity contribution >= 4 is 33.2 Å². The molecule has 2 amide bonds. The summed E-state index contributed by atoms with van der Waals surface area (Å²) in [5, 5.41) is 2.74. The lowest BCUT2D eigenvalue weighted by atomic mass is 10.1. The van der Waals surface area contributed by atoms with Gasteiger partial charge in [-0.2, -0.15) is 0 Å². The maximum absolute atomic E-state index is 12.9. The number of benzene rings is 2. The Labute approximate surface area is 171 Å². The Balaban J connectivity index is 1.85. The largest absolute Gasteiger partial charge is 0.339 e. The quantitative estimate of drug-likeness (QED) is 0.786. The Kier molecular flexibility index (Phi) is 6.22. The maximum Gasteiger partial charge on any atom is 0.255 e. The van der Waals surface area contributed by atoms with Gasteiger partial charge in [-0.1, -0.05) is 30.3 Å². The van der Waals surface area contributed by atoms with Crippen LogP contribution in [-0.4, -0.2) is 50.5 Å². The van der Waals surface area contributed by atoms with E-state index in [0.717, 1.165) is 23.4 Å². The monoisotopic (exact) mass is 415 g/mol. The maximum atomic E-state index is 12.9. The predicted octanol–water partition coefficient (Wildman–Crippen LogP) is 2.72. The minimum atomic E-state index is -3.70. The second kappa shape index (κ2) is 8.65. The van der Waals surface area contributed by atoms with E-state index >= 15 is 0 Å². The molecule has 0 radical (unpaired) electrons. The van der Waals surface area contributed by atoms with Crippen LogP contribution in [0.15, 0.2) is 54.6 Å². The van der Waals surface area contributed by atoms with Crippen LogP contribution < -0.4 is 9.62 Å². The Morgan fingerprint density at radius 2 is 1.59 bits per heavy atom. The number of nitrogens with zero attached hydrogens (tertiary/aromatic N) is 2. The number of hydrogen-bond donors (Lipinski definition) is 1. The van der Waals surface area contributed by atoms with Gasteiger partial charge in [-0.15, -0.1) is 0 Å². The van der Waals surface area contributed by atoms with E-state index < -0.39 is 22.0 Å². The SMILES string of the molecule is C[C@H](C(=O)Nc1ccccc1C(=O)N1CCCC1)N(c1ccccc1)S(C)(=O)=O. The van der Waals surface area contributed by atoms with Gasteiger partial charge in [-0.05, 0) is 44.0 Å². The number of nitrogens with one attached hydrogen (secondary N) is 1. The molecule has 2 aromatic rings. The van der Waals surface area contributed by atoms with Crippen molar-refractivity contribution in [1.29, 1.82) is 0 Å². The molecule has 1 atom stereocenters. The van der Waals surface area contributed by atoms with Gasteiger partial charge in [-0.25, -0.2) is 8.42 Å². The smallest absolute Gasteiger partial charge is 0.255 e. The molecule has 0 unspecified atom stereocenters. The van der Waals surface area contributed by atoms with E-state index in [1.165, 1.54) is 6.92 Å². The van der Waals surface area contributed by atoms with Gasteiger partial charge < -0.3 is 10.2 Å². The first-order chi connectivity index (χ1) is 13.8. The van der Waals surface area contributed by atoms with Gasteiger partial charge in [0.25, 0.3) is 5.91 Å². The van der Waals surface area contributed by atoms with Gasteiger partial charge >= 0.3 is 0 Å². The van der Waals surface area contributed by atoms with Crippen molar-refractivity contribution in [3.63, 3.8) is 0 Å². The standard InChI is InChI=1S/C21H25N3O4S/c1-16(24(29(2,27)28)17-10-4-3-5-11-17)20(25)22-19-13-7-6-12-18(19)21(26)23-14-8-9-15-23/h3-7,10-13,16H,8-9,14-15H2,1-2H3,(H,22,25)/t16-/m1/s1. The zero-order valence-electron chi connectivity index (χ0n) is 16.5. The average molecular weight is 416 g/mol. The van der Waals surface area contributed by atoms with Gasteiger partial charge in [0.1, 0.15) is 6.04 Å². The summed E-state index contributed by atoms with van der Waals surface area (Å²) >= 11 is 0. The highest BCUT2D eigenvalue weighted by Crippen LogP contribution is 2.23. The average Bonchev–Trinajstić information content (AvgIpc) is 3.22. The van der Waals surface area contributed by atoms with Crippen LogP contribution >= 0.6 is 0 Å². The van der Waals surface area contributed by atoms with Gasteiger partial charge in [0, 0.05) is 13.1 Å². The first kappa shape index (κ1) is 20.9. The van der Waals surface area contributed by atoms with E-state index in [0.29, 0.717) is 30.0 Å². The number of amides is 2. The van der Waals surface area contributed by atoms with Crippen LogP contribution in [0.3, 0.4) is 0 Å². The summed E-state index contributed by atoms with van der Waals surface area (Å²) in [7, 11) is -3.70. The summed E-state index contributed by atoms with van der Waals surface area (Å²) in [4.78, 5) is 27.5. The minimum Gasteiger partial charge on any atom is -0.339 e. The van der Waals surface area contributed by atoms with E-state index in [-0.39, 0.29) is 5.91 Å². The molecule has 0 aromatic heterocycles. The van der Waals surface area contributed by atoms with E-state index in [2.05, 4.69) is 5.32 Å². The lowest BCUT2D eigenvalue weighted by Gasteiger charge is -2.28. The number of sulfonamides is 1. The summed E-state index contributed by atoms with van der Waals surface area (Å²) in [5.74, 6) is -0.643. The fraction of sp³-hybridized carbons (Fsp3) is 0.333. The number of rotatable bonds is 6.